The van der Waals surface area contributed by atoms with Crippen LogP contribution in [0.5, 0.6) is 0 Å². The van der Waals surface area contributed by atoms with Crippen molar-refractivity contribution in [2.45, 2.75) is 18.9 Å². The summed E-state index contributed by atoms with van der Waals surface area (Å²) in [7, 11) is 0. The lowest BCUT2D eigenvalue weighted by atomic mass is 10.1. The molecule has 2 rings (SSSR count). The highest BCUT2D eigenvalue weighted by Crippen LogP contribution is 2.16. The van der Waals surface area contributed by atoms with Gasteiger partial charge in [0.05, 0.1) is 17.1 Å². The molecule has 0 bridgehead atoms. The number of hydrogen-bond acceptors (Lipinski definition) is 6. The maximum Gasteiger partial charge on any atom is 0.347 e. The molecule has 1 aliphatic rings. The minimum Gasteiger partial charge on any atom is -0.463 e. The number of benzene rings is 1. The molecule has 7 heteroatoms. The van der Waals surface area contributed by atoms with Crippen molar-refractivity contribution in [1.82, 2.24) is 0 Å². The Morgan fingerprint density at radius 3 is 2.63 bits per heavy atom. The Balaban J connectivity index is 2.03. The van der Waals surface area contributed by atoms with Gasteiger partial charge in [-0.2, -0.15) is 0 Å². The van der Waals surface area contributed by atoms with Gasteiger partial charge in [0.15, 0.2) is 6.10 Å². The summed E-state index contributed by atoms with van der Waals surface area (Å²) >= 11 is 0. The number of rotatable bonds is 3. The molecule has 1 unspecified atom stereocenters. The van der Waals surface area contributed by atoms with Crippen molar-refractivity contribution in [3.8, 4) is 0 Å². The van der Waals surface area contributed by atoms with E-state index in [1.807, 2.05) is 0 Å². The van der Waals surface area contributed by atoms with Crippen molar-refractivity contribution in [3.05, 3.63) is 39.9 Å². The number of nitro benzene ring substituents is 1. The Morgan fingerprint density at radius 1 is 1.37 bits per heavy atom. The number of carbonyl (C=O) groups excluding carboxylic acids is 2. The quantitative estimate of drug-likeness (QED) is 0.466. The number of nitrogens with zero attached hydrogens (tertiary/aromatic N) is 1. The summed E-state index contributed by atoms with van der Waals surface area (Å²) in [6.45, 7) is 0.338. The second-order valence-corrected chi connectivity index (χ2v) is 4.01. The molecule has 0 spiro atoms. The third-order valence-corrected chi connectivity index (χ3v) is 2.68. The maximum atomic E-state index is 11.7. The largest absolute Gasteiger partial charge is 0.463 e. The molecule has 100 valence electrons. The molecule has 1 aromatic carbocycles. The van der Waals surface area contributed by atoms with Gasteiger partial charge in [0.1, 0.15) is 0 Å². The Hall–Kier alpha value is -2.44. The molecule has 1 aliphatic heterocycles. The van der Waals surface area contributed by atoms with E-state index in [0.29, 0.717) is 19.4 Å². The maximum absolute atomic E-state index is 11.7. The molecular weight excluding hydrogens is 254 g/mol. The van der Waals surface area contributed by atoms with Crippen molar-refractivity contribution in [3.63, 3.8) is 0 Å². The summed E-state index contributed by atoms with van der Waals surface area (Å²) in [6.07, 6.45) is 0.179. The zero-order valence-corrected chi connectivity index (χ0v) is 9.90. The average molecular weight is 265 g/mol. The zero-order valence-electron chi connectivity index (χ0n) is 9.90. The molecule has 1 aromatic rings. The van der Waals surface area contributed by atoms with Gasteiger partial charge >= 0.3 is 11.9 Å². The fourth-order valence-electron chi connectivity index (χ4n) is 1.68. The van der Waals surface area contributed by atoms with Crippen LogP contribution >= 0.6 is 0 Å². The van der Waals surface area contributed by atoms with Crippen LogP contribution in [0, 0.1) is 10.1 Å². The summed E-state index contributed by atoms with van der Waals surface area (Å²) in [6, 6.07) is 4.98. The first-order valence-electron chi connectivity index (χ1n) is 5.70. The van der Waals surface area contributed by atoms with E-state index in [1.54, 1.807) is 0 Å². The van der Waals surface area contributed by atoms with Crippen LogP contribution in [0.3, 0.4) is 0 Å². The minimum absolute atomic E-state index is 0.117. The molecule has 1 saturated heterocycles. The number of esters is 2. The standard InChI is InChI=1S/C12H11NO6/c14-11(19-10-2-1-7-18-12(10)15)8-3-5-9(6-4-8)13(16)17/h3-6,10H,1-2,7H2. The molecule has 7 nitrogen and oxygen atoms in total. The average Bonchev–Trinajstić information content (AvgIpc) is 2.41. The second-order valence-electron chi connectivity index (χ2n) is 4.01. The first kappa shape index (κ1) is 13.0. The van der Waals surface area contributed by atoms with Crippen LogP contribution in [-0.2, 0) is 14.3 Å². The molecular formula is C12H11NO6. The zero-order chi connectivity index (χ0) is 13.8. The van der Waals surface area contributed by atoms with Crippen LogP contribution in [0.25, 0.3) is 0 Å². The highest BCUT2D eigenvalue weighted by Gasteiger charge is 2.28. The molecule has 0 aliphatic carbocycles. The molecule has 0 saturated carbocycles. The fourth-order valence-corrected chi connectivity index (χ4v) is 1.68. The van der Waals surface area contributed by atoms with Crippen molar-refractivity contribution in [1.29, 1.82) is 0 Å². The van der Waals surface area contributed by atoms with Gasteiger partial charge in [-0.3, -0.25) is 10.1 Å². The van der Waals surface area contributed by atoms with E-state index in [1.165, 1.54) is 24.3 Å². The van der Waals surface area contributed by atoms with E-state index >= 15 is 0 Å². The van der Waals surface area contributed by atoms with Gasteiger partial charge in [-0.15, -0.1) is 0 Å². The van der Waals surface area contributed by atoms with Crippen LogP contribution < -0.4 is 0 Å². The topological polar surface area (TPSA) is 95.7 Å². The second kappa shape index (κ2) is 5.47. The molecule has 0 aromatic heterocycles. The third-order valence-electron chi connectivity index (χ3n) is 2.68. The van der Waals surface area contributed by atoms with Crippen molar-refractivity contribution < 1.29 is 24.0 Å². The lowest BCUT2D eigenvalue weighted by Crippen LogP contribution is -2.33. The highest BCUT2D eigenvalue weighted by atomic mass is 16.6. The van der Waals surface area contributed by atoms with Gasteiger partial charge < -0.3 is 9.47 Å². The molecule has 1 heterocycles. The van der Waals surface area contributed by atoms with E-state index in [4.69, 9.17) is 9.47 Å². The van der Waals surface area contributed by atoms with Gasteiger partial charge in [0.2, 0.25) is 0 Å². The predicted octanol–water partition coefficient (Wildman–Crippen LogP) is 1.46. The Labute approximate surface area is 108 Å². The van der Waals surface area contributed by atoms with Crippen LogP contribution in [0.2, 0.25) is 0 Å². The summed E-state index contributed by atoms with van der Waals surface area (Å²) in [4.78, 5) is 33.0. The molecule has 0 amide bonds. The van der Waals surface area contributed by atoms with Gasteiger partial charge in [0, 0.05) is 12.1 Å². The third kappa shape index (κ3) is 3.06. The number of cyclic esters (lactones) is 1. The number of carbonyl (C=O) groups is 2. The normalized spacial score (nSPS) is 18.5. The van der Waals surface area contributed by atoms with Gasteiger partial charge in [-0.25, -0.2) is 9.59 Å². The van der Waals surface area contributed by atoms with Gasteiger partial charge in [-0.05, 0) is 25.0 Å². The first-order chi connectivity index (χ1) is 9.08. The summed E-state index contributed by atoms with van der Waals surface area (Å²) in [5, 5.41) is 10.5. The monoisotopic (exact) mass is 265 g/mol. The van der Waals surface area contributed by atoms with E-state index in [-0.39, 0.29) is 11.3 Å². The van der Waals surface area contributed by atoms with Gasteiger partial charge in [-0.1, -0.05) is 0 Å². The van der Waals surface area contributed by atoms with Crippen molar-refractivity contribution in [2.75, 3.05) is 6.61 Å². The van der Waals surface area contributed by atoms with Gasteiger partial charge in [0.25, 0.3) is 5.69 Å². The van der Waals surface area contributed by atoms with Crippen LogP contribution in [-0.4, -0.2) is 29.6 Å². The van der Waals surface area contributed by atoms with E-state index in [9.17, 15) is 19.7 Å². The van der Waals surface area contributed by atoms with Crippen molar-refractivity contribution in [2.24, 2.45) is 0 Å². The Kier molecular flexibility index (Phi) is 3.74. The Bertz CT molecular complexity index is 509. The van der Waals surface area contributed by atoms with Crippen LogP contribution in [0.15, 0.2) is 24.3 Å². The molecule has 19 heavy (non-hydrogen) atoms. The lowest BCUT2D eigenvalue weighted by Gasteiger charge is -2.20. The number of hydrogen-bond donors (Lipinski definition) is 0. The first-order valence-corrected chi connectivity index (χ1v) is 5.70. The predicted molar refractivity (Wildman–Crippen MR) is 62.5 cm³/mol. The summed E-state index contributed by atoms with van der Waals surface area (Å²) < 4.78 is 9.78. The highest BCUT2D eigenvalue weighted by molar-refractivity contribution is 5.91. The molecule has 0 N–H and O–H groups in total. The smallest absolute Gasteiger partial charge is 0.347 e. The lowest BCUT2D eigenvalue weighted by molar-refractivity contribution is -0.384. The van der Waals surface area contributed by atoms with Crippen LogP contribution in [0.1, 0.15) is 23.2 Å². The number of non-ortho nitro benzene ring substituents is 1. The summed E-state index contributed by atoms with van der Waals surface area (Å²) in [5.41, 5.74) is 0.0394. The fraction of sp³-hybridized carbons (Fsp3) is 0.333. The van der Waals surface area contributed by atoms with E-state index < -0.39 is 23.0 Å². The summed E-state index contributed by atoms with van der Waals surface area (Å²) in [5.74, 6) is -1.25. The Morgan fingerprint density at radius 2 is 2.05 bits per heavy atom. The number of nitro groups is 1. The van der Waals surface area contributed by atoms with E-state index in [0.717, 1.165) is 0 Å². The van der Waals surface area contributed by atoms with Crippen LogP contribution in [0.4, 0.5) is 5.69 Å². The molecule has 1 fully saturated rings. The molecule has 1 atom stereocenters. The van der Waals surface area contributed by atoms with E-state index in [2.05, 4.69) is 0 Å². The number of ether oxygens (including phenoxy) is 2. The SMILES string of the molecule is O=C(OC1CCCOC1=O)c1ccc([N+](=O)[O-])cc1. The molecule has 0 radical (unpaired) electrons. The minimum atomic E-state index is -0.892. The van der Waals surface area contributed by atoms with Crippen molar-refractivity contribution >= 4 is 17.6 Å².